The van der Waals surface area contributed by atoms with Gasteiger partial charge in [0, 0.05) is 36.8 Å². The molecule has 4 rings (SSSR count). The third-order valence-corrected chi connectivity index (χ3v) is 8.05. The van der Waals surface area contributed by atoms with Crippen molar-refractivity contribution in [1.82, 2.24) is 10.2 Å². The Kier molecular flexibility index (Phi) is 10.4. The maximum absolute atomic E-state index is 13.5. The number of ketones is 1. The van der Waals surface area contributed by atoms with Crippen LogP contribution in [0.4, 0.5) is 0 Å². The fraction of sp³-hybridized carbons (Fsp3) is 0.469. The van der Waals surface area contributed by atoms with Crippen molar-refractivity contribution in [2.75, 3.05) is 13.2 Å². The Morgan fingerprint density at radius 2 is 1.84 bits per heavy atom. The maximum Gasteiger partial charge on any atom is 0.178 e. The van der Waals surface area contributed by atoms with Crippen molar-refractivity contribution in [3.63, 3.8) is 0 Å². The van der Waals surface area contributed by atoms with E-state index in [1.807, 2.05) is 6.07 Å². The average Bonchev–Trinajstić information content (AvgIpc) is 3.17. The molecule has 1 heterocycles. The summed E-state index contributed by atoms with van der Waals surface area (Å²) in [5.74, 6) is 0.870. The van der Waals surface area contributed by atoms with Crippen molar-refractivity contribution in [2.45, 2.75) is 77.3 Å². The Balaban J connectivity index is 1.44. The number of carbonyl (C=O) groups is 1. The summed E-state index contributed by atoms with van der Waals surface area (Å²) in [5.41, 5.74) is 5.70. The molecule has 0 bridgehead atoms. The number of hydrogen-bond donors (Lipinski definition) is 2. The lowest BCUT2D eigenvalue weighted by molar-refractivity contribution is -0.117. The molecule has 0 aromatic heterocycles. The SMILES string of the molecule is CCc1cc(Cl)ccc1-c1ccccc1CN1C=CCCC=C1C(=O)CCC1CCC(NCCO)CC1. The predicted octanol–water partition coefficient (Wildman–Crippen LogP) is 7.05. The van der Waals surface area contributed by atoms with E-state index < -0.39 is 0 Å². The largest absolute Gasteiger partial charge is 0.395 e. The minimum atomic E-state index is 0.193. The zero-order valence-corrected chi connectivity index (χ0v) is 22.9. The van der Waals surface area contributed by atoms with E-state index in [4.69, 9.17) is 16.7 Å². The molecule has 0 spiro atoms. The van der Waals surface area contributed by atoms with E-state index in [1.54, 1.807) is 0 Å². The molecule has 0 atom stereocenters. The van der Waals surface area contributed by atoms with Gasteiger partial charge in [-0.2, -0.15) is 0 Å². The van der Waals surface area contributed by atoms with Gasteiger partial charge in [0.1, 0.15) is 0 Å². The maximum atomic E-state index is 13.5. The van der Waals surface area contributed by atoms with Gasteiger partial charge in [-0.3, -0.25) is 4.79 Å². The van der Waals surface area contributed by atoms with Crippen LogP contribution in [0.15, 0.2) is 66.5 Å². The molecule has 198 valence electrons. The van der Waals surface area contributed by atoms with Gasteiger partial charge in [-0.25, -0.2) is 0 Å². The smallest absolute Gasteiger partial charge is 0.178 e. The second-order valence-corrected chi connectivity index (χ2v) is 10.8. The average molecular weight is 521 g/mol. The molecular formula is C32H41ClN2O2. The first-order valence-corrected chi connectivity index (χ1v) is 14.3. The van der Waals surface area contributed by atoms with Gasteiger partial charge in [0.2, 0.25) is 0 Å². The van der Waals surface area contributed by atoms with Crippen LogP contribution < -0.4 is 5.32 Å². The zero-order chi connectivity index (χ0) is 26.0. The first kappa shape index (κ1) is 27.6. The highest BCUT2D eigenvalue weighted by atomic mass is 35.5. The fourth-order valence-corrected chi connectivity index (χ4v) is 5.93. The van der Waals surface area contributed by atoms with Crippen molar-refractivity contribution in [3.05, 3.63) is 82.7 Å². The molecular weight excluding hydrogens is 480 g/mol. The summed E-state index contributed by atoms with van der Waals surface area (Å²) < 4.78 is 0. The highest BCUT2D eigenvalue weighted by Crippen LogP contribution is 2.32. The van der Waals surface area contributed by atoms with Crippen LogP contribution in [0.5, 0.6) is 0 Å². The molecule has 0 saturated heterocycles. The monoisotopic (exact) mass is 520 g/mol. The first-order chi connectivity index (χ1) is 18.1. The summed E-state index contributed by atoms with van der Waals surface area (Å²) in [5, 5.41) is 13.2. The van der Waals surface area contributed by atoms with Crippen molar-refractivity contribution in [3.8, 4) is 11.1 Å². The minimum Gasteiger partial charge on any atom is -0.395 e. The van der Waals surface area contributed by atoms with E-state index in [2.05, 4.69) is 71.9 Å². The van der Waals surface area contributed by atoms with Gasteiger partial charge < -0.3 is 15.3 Å². The quantitative estimate of drug-likeness (QED) is 0.333. The molecule has 2 aromatic carbocycles. The third kappa shape index (κ3) is 7.56. The van der Waals surface area contributed by atoms with E-state index in [-0.39, 0.29) is 12.4 Å². The van der Waals surface area contributed by atoms with E-state index in [0.717, 1.165) is 62.1 Å². The van der Waals surface area contributed by atoms with E-state index in [0.29, 0.717) is 31.5 Å². The molecule has 37 heavy (non-hydrogen) atoms. The third-order valence-electron chi connectivity index (χ3n) is 7.82. The predicted molar refractivity (Wildman–Crippen MR) is 153 cm³/mol. The second-order valence-electron chi connectivity index (χ2n) is 10.3. The normalized spacial score (nSPS) is 20.0. The van der Waals surface area contributed by atoms with Crippen LogP contribution in [-0.4, -0.2) is 35.0 Å². The van der Waals surface area contributed by atoms with Crippen LogP contribution in [0, 0.1) is 5.92 Å². The summed E-state index contributed by atoms with van der Waals surface area (Å²) in [4.78, 5) is 15.7. The lowest BCUT2D eigenvalue weighted by Gasteiger charge is -2.29. The van der Waals surface area contributed by atoms with Gasteiger partial charge in [0.05, 0.1) is 12.3 Å². The van der Waals surface area contributed by atoms with Gasteiger partial charge in [0.15, 0.2) is 5.78 Å². The number of hydrogen-bond acceptors (Lipinski definition) is 4. The molecule has 1 aliphatic heterocycles. The summed E-state index contributed by atoms with van der Waals surface area (Å²) >= 11 is 6.29. The number of Topliss-reactive ketones (excluding diaryl/α,β-unsaturated/α-hetero) is 1. The lowest BCUT2D eigenvalue weighted by Crippen LogP contribution is -2.35. The van der Waals surface area contributed by atoms with Gasteiger partial charge >= 0.3 is 0 Å². The number of allylic oxidation sites excluding steroid dienone is 3. The Bertz CT molecular complexity index is 1100. The number of carbonyl (C=O) groups excluding carboxylic acids is 1. The standard InChI is InChI=1S/C32H41ClN2O2/c1-2-25-22-27(33)14-17-30(25)29-9-6-5-8-26(29)23-35-20-7-3-4-10-31(35)32(37)18-13-24-11-15-28(16-12-24)34-19-21-36/h5-10,14,17,20,22,24,28,34,36H,2-4,11-13,15-16,18-19,21,23H2,1H3. The van der Waals surface area contributed by atoms with Crippen LogP contribution in [0.1, 0.15) is 69.4 Å². The van der Waals surface area contributed by atoms with Gasteiger partial charge in [-0.05, 0) is 91.7 Å². The molecule has 2 N–H and O–H groups in total. The van der Waals surface area contributed by atoms with Crippen molar-refractivity contribution in [2.24, 2.45) is 5.92 Å². The highest BCUT2D eigenvalue weighted by molar-refractivity contribution is 6.30. The molecule has 4 nitrogen and oxygen atoms in total. The van der Waals surface area contributed by atoms with Gasteiger partial charge in [-0.15, -0.1) is 0 Å². The Morgan fingerprint density at radius 1 is 1.05 bits per heavy atom. The fourth-order valence-electron chi connectivity index (χ4n) is 5.74. The number of nitrogens with one attached hydrogen (secondary N) is 1. The molecule has 0 amide bonds. The molecule has 2 aliphatic rings. The van der Waals surface area contributed by atoms with Crippen molar-refractivity contribution >= 4 is 17.4 Å². The summed E-state index contributed by atoms with van der Waals surface area (Å²) in [6.07, 6.45) is 15.3. The van der Waals surface area contributed by atoms with Gasteiger partial charge in [0.25, 0.3) is 0 Å². The second kappa shape index (κ2) is 13.9. The first-order valence-electron chi connectivity index (χ1n) is 14.0. The van der Waals surface area contributed by atoms with Crippen LogP contribution >= 0.6 is 11.6 Å². The van der Waals surface area contributed by atoms with E-state index >= 15 is 0 Å². The minimum absolute atomic E-state index is 0.193. The van der Waals surface area contributed by atoms with Crippen LogP contribution in [0.3, 0.4) is 0 Å². The molecule has 5 heteroatoms. The number of halogens is 1. The van der Waals surface area contributed by atoms with Crippen LogP contribution in [0.25, 0.3) is 11.1 Å². The summed E-state index contributed by atoms with van der Waals surface area (Å²) in [7, 11) is 0. The Morgan fingerprint density at radius 3 is 2.62 bits per heavy atom. The number of aryl methyl sites for hydroxylation is 1. The molecule has 0 unspecified atom stereocenters. The van der Waals surface area contributed by atoms with Crippen LogP contribution in [-0.2, 0) is 17.8 Å². The van der Waals surface area contributed by atoms with Crippen molar-refractivity contribution in [1.29, 1.82) is 0 Å². The molecule has 1 saturated carbocycles. The van der Waals surface area contributed by atoms with E-state index in [9.17, 15) is 4.79 Å². The zero-order valence-electron chi connectivity index (χ0n) is 22.1. The summed E-state index contributed by atoms with van der Waals surface area (Å²) in [6.45, 7) is 3.69. The molecule has 1 fully saturated rings. The number of benzene rings is 2. The Hall–Kier alpha value is -2.40. The number of aliphatic hydroxyl groups excluding tert-OH is 1. The van der Waals surface area contributed by atoms with Crippen LogP contribution in [0.2, 0.25) is 5.02 Å². The topological polar surface area (TPSA) is 52.6 Å². The summed E-state index contributed by atoms with van der Waals surface area (Å²) in [6, 6.07) is 15.2. The number of aliphatic hydroxyl groups is 1. The van der Waals surface area contributed by atoms with Gasteiger partial charge in [-0.1, -0.05) is 61.0 Å². The Labute approximate surface area is 227 Å². The molecule has 0 radical (unpaired) electrons. The number of rotatable bonds is 11. The molecule has 1 aliphatic carbocycles. The number of nitrogens with zero attached hydrogens (tertiary/aromatic N) is 1. The highest BCUT2D eigenvalue weighted by Gasteiger charge is 2.24. The lowest BCUT2D eigenvalue weighted by atomic mass is 9.83. The molecule has 2 aromatic rings. The van der Waals surface area contributed by atoms with E-state index in [1.165, 1.54) is 22.3 Å². The van der Waals surface area contributed by atoms with Crippen molar-refractivity contribution < 1.29 is 9.90 Å².